The molecule has 6 heteroatoms. The normalized spacial score (nSPS) is 11.4. The van der Waals surface area contributed by atoms with E-state index in [0.717, 1.165) is 27.6 Å². The summed E-state index contributed by atoms with van der Waals surface area (Å²) >= 11 is 9.62. The number of ether oxygens (including phenoxy) is 1. The second-order valence-corrected chi connectivity index (χ2v) is 6.50. The molecule has 0 fully saturated rings. The van der Waals surface area contributed by atoms with Crippen molar-refractivity contribution in [2.24, 2.45) is 0 Å². The lowest BCUT2D eigenvalue weighted by Crippen LogP contribution is -2.19. The second-order valence-electron chi connectivity index (χ2n) is 5.20. The maximum Gasteiger partial charge on any atom is 0.228 e. The summed E-state index contributed by atoms with van der Waals surface area (Å²) in [6.45, 7) is 4.77. The Morgan fingerprint density at radius 1 is 1.43 bits per heavy atom. The lowest BCUT2D eigenvalue weighted by molar-refractivity contribution is 0.0938. The van der Waals surface area contributed by atoms with Crippen molar-refractivity contribution in [3.63, 3.8) is 0 Å². The highest BCUT2D eigenvalue weighted by atomic mass is 79.9. The molecule has 1 aromatic carbocycles. The molecule has 0 aliphatic rings. The van der Waals surface area contributed by atoms with Crippen LogP contribution in [0.15, 0.2) is 16.6 Å². The predicted octanol–water partition coefficient (Wildman–Crippen LogP) is 3.97. The molecule has 21 heavy (non-hydrogen) atoms. The number of carbonyl (C=O) groups excluding carboxylic acids is 1. The van der Waals surface area contributed by atoms with Gasteiger partial charge >= 0.3 is 0 Å². The number of fused-ring (bicyclic) bond motifs is 1. The van der Waals surface area contributed by atoms with E-state index in [1.165, 1.54) is 6.92 Å². The van der Waals surface area contributed by atoms with Crippen molar-refractivity contribution in [2.75, 3.05) is 27.2 Å². The number of nitrogens with zero attached hydrogens (tertiary/aromatic N) is 2. The molecule has 0 radical (unpaired) electrons. The maximum absolute atomic E-state index is 12.0. The van der Waals surface area contributed by atoms with Gasteiger partial charge in [0.2, 0.25) is 5.91 Å². The van der Waals surface area contributed by atoms with Crippen molar-refractivity contribution in [2.45, 2.75) is 13.8 Å². The third kappa shape index (κ3) is 3.25. The number of hydrogen-bond acceptors (Lipinski definition) is 3. The minimum absolute atomic E-state index is 0.0528. The van der Waals surface area contributed by atoms with E-state index >= 15 is 0 Å². The topological polar surface area (TPSA) is 34.5 Å². The molecule has 0 amide bonds. The Bertz CT molecular complexity index is 695. The molecule has 0 spiro atoms. The SMILES string of the molecule is CC(=O)n1c(C)c(OCCN(C)C)c2cc(Cl)cc(Br)c21. The number of halogens is 2. The summed E-state index contributed by atoms with van der Waals surface area (Å²) in [6.07, 6.45) is 0. The van der Waals surface area contributed by atoms with Gasteiger partial charge in [0.05, 0.1) is 11.2 Å². The van der Waals surface area contributed by atoms with Crippen LogP contribution in [0.1, 0.15) is 17.4 Å². The van der Waals surface area contributed by atoms with E-state index in [0.29, 0.717) is 17.4 Å². The van der Waals surface area contributed by atoms with Gasteiger partial charge < -0.3 is 9.64 Å². The van der Waals surface area contributed by atoms with Crippen molar-refractivity contribution in [1.29, 1.82) is 0 Å². The molecule has 2 rings (SSSR count). The molecule has 0 aliphatic heterocycles. The highest BCUT2D eigenvalue weighted by molar-refractivity contribution is 9.10. The zero-order valence-corrected chi connectivity index (χ0v) is 14.9. The Hall–Kier alpha value is -1.04. The smallest absolute Gasteiger partial charge is 0.228 e. The molecule has 0 saturated carbocycles. The summed E-state index contributed by atoms with van der Waals surface area (Å²) < 4.78 is 8.34. The molecule has 4 nitrogen and oxygen atoms in total. The fraction of sp³-hybridized carbons (Fsp3) is 0.400. The second kappa shape index (κ2) is 6.38. The van der Waals surface area contributed by atoms with E-state index < -0.39 is 0 Å². The average Bonchev–Trinajstić information content (AvgIpc) is 2.63. The van der Waals surface area contributed by atoms with E-state index in [9.17, 15) is 4.79 Å². The monoisotopic (exact) mass is 372 g/mol. The van der Waals surface area contributed by atoms with Crippen molar-refractivity contribution < 1.29 is 9.53 Å². The van der Waals surface area contributed by atoms with Crippen LogP contribution in [0.2, 0.25) is 5.02 Å². The molecule has 114 valence electrons. The number of rotatable bonds is 4. The number of aromatic nitrogens is 1. The minimum Gasteiger partial charge on any atom is -0.490 e. The fourth-order valence-corrected chi connectivity index (χ4v) is 3.32. The van der Waals surface area contributed by atoms with Crippen molar-refractivity contribution >= 4 is 44.3 Å². The van der Waals surface area contributed by atoms with Crippen LogP contribution in [0.4, 0.5) is 0 Å². The van der Waals surface area contributed by atoms with Crippen LogP contribution in [-0.4, -0.2) is 42.6 Å². The van der Waals surface area contributed by atoms with Gasteiger partial charge in [-0.3, -0.25) is 9.36 Å². The van der Waals surface area contributed by atoms with Gasteiger partial charge in [0.1, 0.15) is 12.4 Å². The zero-order chi connectivity index (χ0) is 15.7. The lowest BCUT2D eigenvalue weighted by atomic mass is 10.2. The number of carbonyl (C=O) groups is 1. The molecule has 0 aliphatic carbocycles. The zero-order valence-electron chi connectivity index (χ0n) is 12.5. The van der Waals surface area contributed by atoms with Crippen LogP contribution in [-0.2, 0) is 0 Å². The third-order valence-corrected chi connectivity index (χ3v) is 4.08. The summed E-state index contributed by atoms with van der Waals surface area (Å²) in [5.74, 6) is 0.660. The van der Waals surface area contributed by atoms with Gasteiger partial charge in [0, 0.05) is 28.4 Å². The maximum atomic E-state index is 12.0. The standard InChI is InChI=1S/C15H18BrClN2O2/c1-9-15(21-6-5-18(3)4)12-7-11(17)8-13(16)14(12)19(9)10(2)20/h7-8H,5-6H2,1-4H3. The highest BCUT2D eigenvalue weighted by Gasteiger charge is 2.20. The first kappa shape index (κ1) is 16.3. The Kier molecular flexibility index (Phi) is 4.96. The molecular formula is C15H18BrClN2O2. The van der Waals surface area contributed by atoms with Crippen LogP contribution in [0.5, 0.6) is 5.75 Å². The number of benzene rings is 1. The highest BCUT2D eigenvalue weighted by Crippen LogP contribution is 2.38. The third-order valence-electron chi connectivity index (χ3n) is 3.26. The van der Waals surface area contributed by atoms with Gasteiger partial charge in [-0.25, -0.2) is 0 Å². The van der Waals surface area contributed by atoms with Gasteiger partial charge in [-0.1, -0.05) is 11.6 Å². The van der Waals surface area contributed by atoms with Crippen LogP contribution in [0.25, 0.3) is 10.9 Å². The predicted molar refractivity (Wildman–Crippen MR) is 89.7 cm³/mol. The summed E-state index contributed by atoms with van der Waals surface area (Å²) in [5.41, 5.74) is 1.59. The van der Waals surface area contributed by atoms with E-state index in [-0.39, 0.29) is 5.91 Å². The molecule has 0 saturated heterocycles. The molecule has 0 N–H and O–H groups in total. The molecule has 2 aromatic rings. The Morgan fingerprint density at radius 2 is 2.10 bits per heavy atom. The molecule has 0 atom stereocenters. The first-order valence-corrected chi connectivity index (χ1v) is 7.78. The minimum atomic E-state index is -0.0528. The fourth-order valence-electron chi connectivity index (χ4n) is 2.34. The largest absolute Gasteiger partial charge is 0.490 e. The van der Waals surface area contributed by atoms with Gasteiger partial charge in [-0.2, -0.15) is 0 Å². The van der Waals surface area contributed by atoms with Gasteiger partial charge in [-0.05, 0) is 49.1 Å². The lowest BCUT2D eigenvalue weighted by Gasteiger charge is -2.11. The molecule has 0 bridgehead atoms. The Balaban J connectivity index is 2.58. The van der Waals surface area contributed by atoms with Crippen LogP contribution in [0, 0.1) is 6.92 Å². The Labute approximate surface area is 137 Å². The number of hydrogen-bond donors (Lipinski definition) is 0. The summed E-state index contributed by atoms with van der Waals surface area (Å²) in [7, 11) is 3.98. The van der Waals surface area contributed by atoms with Gasteiger partial charge in [-0.15, -0.1) is 0 Å². The van der Waals surface area contributed by atoms with Crippen molar-refractivity contribution in [3.8, 4) is 5.75 Å². The van der Waals surface area contributed by atoms with E-state index in [1.54, 1.807) is 10.6 Å². The summed E-state index contributed by atoms with van der Waals surface area (Å²) in [5, 5.41) is 1.45. The average molecular weight is 374 g/mol. The van der Waals surface area contributed by atoms with Crippen LogP contribution < -0.4 is 4.74 Å². The molecule has 1 heterocycles. The summed E-state index contributed by atoms with van der Waals surface area (Å²) in [4.78, 5) is 14.0. The Morgan fingerprint density at radius 3 is 2.67 bits per heavy atom. The van der Waals surface area contributed by atoms with Crippen molar-refractivity contribution in [3.05, 3.63) is 27.3 Å². The molecule has 1 aromatic heterocycles. The molecular weight excluding hydrogens is 356 g/mol. The quantitative estimate of drug-likeness (QED) is 0.813. The summed E-state index contributed by atoms with van der Waals surface area (Å²) in [6, 6.07) is 3.62. The van der Waals surface area contributed by atoms with Gasteiger partial charge in [0.25, 0.3) is 0 Å². The van der Waals surface area contributed by atoms with Gasteiger partial charge in [0.15, 0.2) is 0 Å². The van der Waals surface area contributed by atoms with Crippen LogP contribution >= 0.6 is 27.5 Å². The van der Waals surface area contributed by atoms with E-state index in [4.69, 9.17) is 16.3 Å². The first-order chi connectivity index (χ1) is 9.82. The molecule has 0 unspecified atom stereocenters. The van der Waals surface area contributed by atoms with E-state index in [2.05, 4.69) is 15.9 Å². The van der Waals surface area contributed by atoms with Crippen LogP contribution in [0.3, 0.4) is 0 Å². The van der Waals surface area contributed by atoms with Crippen molar-refractivity contribution in [1.82, 2.24) is 9.47 Å². The first-order valence-electron chi connectivity index (χ1n) is 6.61. The van der Waals surface area contributed by atoms with E-state index in [1.807, 2.05) is 32.0 Å². The number of likely N-dealkylation sites (N-methyl/N-ethyl adjacent to an activating group) is 1.